The third-order valence-electron chi connectivity index (χ3n) is 2.50. The normalized spacial score (nSPS) is 11.5. The highest BCUT2D eigenvalue weighted by Gasteiger charge is 2.12. The van der Waals surface area contributed by atoms with E-state index in [9.17, 15) is 0 Å². The topological polar surface area (TPSA) is 38.2 Å². The molecule has 4 nitrogen and oxygen atoms in total. The predicted octanol–water partition coefficient (Wildman–Crippen LogP) is 2.58. The third-order valence-corrected chi connectivity index (χ3v) is 3.06. The summed E-state index contributed by atoms with van der Waals surface area (Å²) >= 11 is 2.17. The molecule has 0 saturated heterocycles. The largest absolute Gasteiger partial charge is 0.462 e. The molecule has 0 aliphatic carbocycles. The molecule has 96 valence electrons. The summed E-state index contributed by atoms with van der Waals surface area (Å²) in [5, 5.41) is 0. The number of aromatic nitrogens is 2. The molecule has 0 bridgehead atoms. The molecule has 0 saturated carbocycles. The van der Waals surface area contributed by atoms with Gasteiger partial charge in [0.25, 0.3) is 0 Å². The first-order valence-corrected chi connectivity index (χ1v) is 6.94. The summed E-state index contributed by atoms with van der Waals surface area (Å²) < 4.78 is 6.54. The fourth-order valence-corrected chi connectivity index (χ4v) is 2.01. The molecule has 0 aliphatic rings. The smallest absolute Gasteiger partial charge is 0.316 e. The molecule has 0 N–H and O–H groups in total. The van der Waals surface area contributed by atoms with Crippen LogP contribution >= 0.6 is 22.6 Å². The van der Waals surface area contributed by atoms with Crippen molar-refractivity contribution in [2.75, 3.05) is 13.2 Å². The van der Waals surface area contributed by atoms with Crippen LogP contribution < -0.4 is 4.74 Å². The van der Waals surface area contributed by atoms with Crippen LogP contribution in [0.5, 0.6) is 6.01 Å². The zero-order valence-corrected chi connectivity index (χ0v) is 13.0. The quantitative estimate of drug-likeness (QED) is 0.740. The van der Waals surface area contributed by atoms with Gasteiger partial charge < -0.3 is 4.74 Å². The summed E-state index contributed by atoms with van der Waals surface area (Å²) in [6, 6.07) is 1.50. The molecular formula is C12H20IN3O. The van der Waals surface area contributed by atoms with E-state index >= 15 is 0 Å². The summed E-state index contributed by atoms with van der Waals surface area (Å²) in [4.78, 5) is 10.6. The van der Waals surface area contributed by atoms with E-state index in [-0.39, 0.29) is 0 Å². The van der Waals surface area contributed by atoms with Crippen molar-refractivity contribution in [2.24, 2.45) is 0 Å². The SMILES string of the molecule is CC(C)N(CCOc1ncc(I)cn1)C(C)C. The van der Waals surface area contributed by atoms with E-state index in [0.717, 1.165) is 10.1 Å². The fourth-order valence-electron chi connectivity index (χ4n) is 1.73. The summed E-state index contributed by atoms with van der Waals surface area (Å²) in [7, 11) is 0. The molecule has 0 aromatic carbocycles. The Morgan fingerprint density at radius 1 is 1.18 bits per heavy atom. The maximum atomic E-state index is 5.52. The van der Waals surface area contributed by atoms with Crippen LogP contribution in [0.15, 0.2) is 12.4 Å². The standard InChI is InChI=1S/C12H20IN3O/c1-9(2)16(10(3)4)5-6-17-12-14-7-11(13)8-15-12/h7-10H,5-6H2,1-4H3. The highest BCUT2D eigenvalue weighted by atomic mass is 127. The average molecular weight is 349 g/mol. The number of hydrogen-bond donors (Lipinski definition) is 0. The van der Waals surface area contributed by atoms with Crippen molar-refractivity contribution < 1.29 is 4.74 Å². The Kier molecular flexibility index (Phi) is 6.11. The Labute approximate surface area is 117 Å². The molecule has 0 fully saturated rings. The van der Waals surface area contributed by atoms with Crippen molar-refractivity contribution in [1.29, 1.82) is 0 Å². The van der Waals surface area contributed by atoms with Crippen LogP contribution in [0.3, 0.4) is 0 Å². The maximum Gasteiger partial charge on any atom is 0.316 e. The summed E-state index contributed by atoms with van der Waals surface area (Å²) in [6.45, 7) is 10.3. The minimum atomic E-state index is 0.456. The van der Waals surface area contributed by atoms with Crippen molar-refractivity contribution in [3.63, 3.8) is 0 Å². The van der Waals surface area contributed by atoms with Crippen molar-refractivity contribution in [3.8, 4) is 6.01 Å². The predicted molar refractivity (Wildman–Crippen MR) is 77.2 cm³/mol. The van der Waals surface area contributed by atoms with Gasteiger partial charge in [-0.2, -0.15) is 0 Å². The van der Waals surface area contributed by atoms with Crippen molar-refractivity contribution in [1.82, 2.24) is 14.9 Å². The molecule has 1 aromatic rings. The lowest BCUT2D eigenvalue weighted by Gasteiger charge is -2.30. The van der Waals surface area contributed by atoms with Crippen molar-refractivity contribution >= 4 is 22.6 Å². The van der Waals surface area contributed by atoms with E-state index in [1.807, 2.05) is 0 Å². The van der Waals surface area contributed by atoms with Gasteiger partial charge in [-0.1, -0.05) is 0 Å². The van der Waals surface area contributed by atoms with E-state index in [0.29, 0.717) is 24.7 Å². The Bertz CT molecular complexity index is 319. The van der Waals surface area contributed by atoms with Crippen LogP contribution in [0.25, 0.3) is 0 Å². The van der Waals surface area contributed by atoms with Crippen LogP contribution in [-0.4, -0.2) is 40.1 Å². The van der Waals surface area contributed by atoms with Gasteiger partial charge in [-0.05, 0) is 50.3 Å². The lowest BCUT2D eigenvalue weighted by atomic mass is 10.2. The Morgan fingerprint density at radius 3 is 2.18 bits per heavy atom. The first-order chi connectivity index (χ1) is 8.00. The van der Waals surface area contributed by atoms with Gasteiger partial charge in [0.15, 0.2) is 0 Å². The summed E-state index contributed by atoms with van der Waals surface area (Å²) in [5.41, 5.74) is 0. The molecule has 1 rings (SSSR count). The third kappa shape index (κ3) is 5.16. The van der Waals surface area contributed by atoms with Gasteiger partial charge in [-0.25, -0.2) is 9.97 Å². The van der Waals surface area contributed by atoms with Crippen LogP contribution in [0, 0.1) is 3.57 Å². The highest BCUT2D eigenvalue weighted by molar-refractivity contribution is 14.1. The lowest BCUT2D eigenvalue weighted by Crippen LogP contribution is -2.39. The Morgan fingerprint density at radius 2 is 1.71 bits per heavy atom. The van der Waals surface area contributed by atoms with Gasteiger partial charge in [-0.15, -0.1) is 0 Å². The second kappa shape index (κ2) is 7.10. The van der Waals surface area contributed by atoms with Gasteiger partial charge in [0.1, 0.15) is 6.61 Å². The number of halogens is 1. The molecule has 0 atom stereocenters. The zero-order valence-electron chi connectivity index (χ0n) is 10.9. The van der Waals surface area contributed by atoms with E-state index in [1.165, 1.54) is 0 Å². The first kappa shape index (κ1) is 14.6. The number of hydrogen-bond acceptors (Lipinski definition) is 4. The van der Waals surface area contributed by atoms with Gasteiger partial charge in [0.2, 0.25) is 0 Å². The minimum Gasteiger partial charge on any atom is -0.462 e. The first-order valence-electron chi connectivity index (χ1n) is 5.86. The average Bonchev–Trinajstić information content (AvgIpc) is 2.25. The highest BCUT2D eigenvalue weighted by Crippen LogP contribution is 2.07. The van der Waals surface area contributed by atoms with E-state index in [1.54, 1.807) is 12.4 Å². The van der Waals surface area contributed by atoms with Gasteiger partial charge >= 0.3 is 6.01 Å². The minimum absolute atomic E-state index is 0.456. The second-order valence-corrected chi connectivity index (χ2v) is 5.70. The van der Waals surface area contributed by atoms with Gasteiger partial charge in [0.05, 0.1) is 0 Å². The number of ether oxygens (including phenoxy) is 1. The van der Waals surface area contributed by atoms with E-state index in [4.69, 9.17) is 4.74 Å². The summed E-state index contributed by atoms with van der Waals surface area (Å²) in [5.74, 6) is 0. The molecule has 0 amide bonds. The molecule has 5 heteroatoms. The fraction of sp³-hybridized carbons (Fsp3) is 0.667. The summed E-state index contributed by atoms with van der Waals surface area (Å²) in [6.07, 6.45) is 3.51. The van der Waals surface area contributed by atoms with E-state index < -0.39 is 0 Å². The van der Waals surface area contributed by atoms with Crippen LogP contribution in [0.4, 0.5) is 0 Å². The van der Waals surface area contributed by atoms with E-state index in [2.05, 4.69) is 65.2 Å². The molecule has 0 aliphatic heterocycles. The lowest BCUT2D eigenvalue weighted by molar-refractivity contribution is 0.138. The maximum absolute atomic E-state index is 5.52. The van der Waals surface area contributed by atoms with Gasteiger partial charge in [0, 0.05) is 34.6 Å². The molecule has 0 radical (unpaired) electrons. The second-order valence-electron chi connectivity index (χ2n) is 4.46. The molecule has 17 heavy (non-hydrogen) atoms. The molecule has 0 unspecified atom stereocenters. The Balaban J connectivity index is 2.38. The molecule has 0 spiro atoms. The molecule has 1 heterocycles. The van der Waals surface area contributed by atoms with Crippen LogP contribution in [-0.2, 0) is 0 Å². The van der Waals surface area contributed by atoms with Gasteiger partial charge in [-0.3, -0.25) is 4.90 Å². The number of rotatable bonds is 6. The Hall–Kier alpha value is -0.430. The van der Waals surface area contributed by atoms with Crippen molar-refractivity contribution in [3.05, 3.63) is 16.0 Å². The molecular weight excluding hydrogens is 329 g/mol. The zero-order chi connectivity index (χ0) is 12.8. The monoisotopic (exact) mass is 349 g/mol. The van der Waals surface area contributed by atoms with Crippen LogP contribution in [0.1, 0.15) is 27.7 Å². The number of nitrogens with zero attached hydrogens (tertiary/aromatic N) is 3. The van der Waals surface area contributed by atoms with Crippen LogP contribution in [0.2, 0.25) is 0 Å². The van der Waals surface area contributed by atoms with Crippen molar-refractivity contribution in [2.45, 2.75) is 39.8 Å². The molecule has 1 aromatic heterocycles.